The van der Waals surface area contributed by atoms with Gasteiger partial charge >= 0.3 is 17.9 Å². The molecule has 3 aromatic rings. The minimum atomic E-state index is -0.456. The number of oxazole rings is 1. The van der Waals surface area contributed by atoms with Crippen LogP contribution in [-0.2, 0) is 4.74 Å². The maximum Gasteiger partial charge on any atom is 0.327 e. The molecule has 0 atom stereocenters. The van der Waals surface area contributed by atoms with E-state index in [0.717, 1.165) is 22.8 Å². The van der Waals surface area contributed by atoms with E-state index >= 15 is 0 Å². The molecule has 2 aromatic heterocycles. The number of aromatic nitrogens is 2. The van der Waals surface area contributed by atoms with E-state index in [2.05, 4.69) is 35.8 Å². The summed E-state index contributed by atoms with van der Waals surface area (Å²) in [6, 6.07) is 8.91. The number of carbonyl (C=O) groups is 2. The van der Waals surface area contributed by atoms with Crippen molar-refractivity contribution >= 4 is 41.0 Å². The average Bonchev–Trinajstić information content (AvgIpc) is 3.63. The molecule has 0 unspecified atom stereocenters. The van der Waals surface area contributed by atoms with Gasteiger partial charge in [-0.2, -0.15) is 9.98 Å². The van der Waals surface area contributed by atoms with Gasteiger partial charge in [0.25, 0.3) is 5.91 Å². The van der Waals surface area contributed by atoms with Crippen molar-refractivity contribution in [3.8, 4) is 0 Å². The second-order valence-electron chi connectivity index (χ2n) is 9.66. The zero-order chi connectivity index (χ0) is 28.3. The number of hydrogen-bond acceptors (Lipinski definition) is 10. The number of hydrogen-bond donors (Lipinski definition) is 3. The average molecular weight is 556 g/mol. The molecular formula is C28H29N9O4+. The van der Waals surface area contributed by atoms with Gasteiger partial charge in [-0.05, 0) is 43.7 Å². The van der Waals surface area contributed by atoms with Crippen LogP contribution in [0.3, 0.4) is 0 Å². The quantitative estimate of drug-likeness (QED) is 0.392. The van der Waals surface area contributed by atoms with Gasteiger partial charge in [-0.3, -0.25) is 15.0 Å². The van der Waals surface area contributed by atoms with Crippen LogP contribution in [0, 0.1) is 13.8 Å². The normalized spacial score (nSPS) is 16.6. The number of morpholine rings is 1. The SMILES string of the molecule is Cc1coc(NC(=O)Nc2cccc(N3C=C(Nc4ccc(C(=O)N5CCOCC5)cn4)C4=NC=C[N+]4C3)c2C)n1. The van der Waals surface area contributed by atoms with E-state index in [9.17, 15) is 9.59 Å². The molecule has 0 bridgehead atoms. The molecule has 3 amide bonds. The van der Waals surface area contributed by atoms with Crippen molar-refractivity contribution < 1.29 is 18.7 Å². The van der Waals surface area contributed by atoms with Crippen LogP contribution in [0.2, 0.25) is 0 Å². The van der Waals surface area contributed by atoms with Gasteiger partial charge in [0.2, 0.25) is 6.67 Å². The van der Waals surface area contributed by atoms with Crippen molar-refractivity contribution in [3.63, 3.8) is 0 Å². The molecule has 1 fully saturated rings. The third-order valence-corrected chi connectivity index (χ3v) is 6.82. The highest BCUT2D eigenvalue weighted by molar-refractivity contribution is 6.06. The highest BCUT2D eigenvalue weighted by atomic mass is 16.5. The second kappa shape index (κ2) is 11.2. The Morgan fingerprint density at radius 2 is 1.93 bits per heavy atom. The second-order valence-corrected chi connectivity index (χ2v) is 9.66. The number of amides is 3. The van der Waals surface area contributed by atoms with Crippen molar-refractivity contribution in [1.82, 2.24) is 19.8 Å². The third kappa shape index (κ3) is 5.66. The maximum atomic E-state index is 12.8. The molecule has 1 radical (unpaired) electrons. The number of benzene rings is 1. The van der Waals surface area contributed by atoms with Crippen LogP contribution in [0.1, 0.15) is 21.6 Å². The summed E-state index contributed by atoms with van der Waals surface area (Å²) in [5.41, 5.74) is 4.34. The van der Waals surface area contributed by atoms with E-state index in [4.69, 9.17) is 9.15 Å². The molecule has 1 aromatic carbocycles. The van der Waals surface area contributed by atoms with Crippen LogP contribution in [0.5, 0.6) is 0 Å². The molecule has 3 aliphatic rings. The summed E-state index contributed by atoms with van der Waals surface area (Å²) in [7, 11) is 0. The Hall–Kier alpha value is -5.01. The van der Waals surface area contributed by atoms with Crippen LogP contribution in [0.4, 0.5) is 28.0 Å². The van der Waals surface area contributed by atoms with E-state index in [-0.39, 0.29) is 11.9 Å². The molecule has 1 saturated heterocycles. The van der Waals surface area contributed by atoms with Crippen LogP contribution in [-0.4, -0.2) is 65.6 Å². The summed E-state index contributed by atoms with van der Waals surface area (Å²) in [5, 5.41) is 8.82. The Labute approximate surface area is 236 Å². The van der Waals surface area contributed by atoms with Crippen molar-refractivity contribution in [3.05, 3.63) is 83.9 Å². The predicted molar refractivity (Wildman–Crippen MR) is 154 cm³/mol. The molecule has 0 saturated carbocycles. The number of aryl methyl sites for hydroxylation is 1. The Morgan fingerprint density at radius 1 is 1.07 bits per heavy atom. The maximum absolute atomic E-state index is 12.8. The van der Waals surface area contributed by atoms with Gasteiger partial charge in [0.1, 0.15) is 17.8 Å². The zero-order valence-electron chi connectivity index (χ0n) is 22.6. The zero-order valence-corrected chi connectivity index (χ0v) is 22.6. The van der Waals surface area contributed by atoms with Gasteiger partial charge in [0.15, 0.2) is 6.20 Å². The van der Waals surface area contributed by atoms with Crippen LogP contribution >= 0.6 is 0 Å². The van der Waals surface area contributed by atoms with E-state index in [0.29, 0.717) is 55.7 Å². The summed E-state index contributed by atoms with van der Waals surface area (Å²) in [6.45, 7) is 6.48. The molecule has 5 heterocycles. The standard InChI is InChI=1S/C28H29N9O4/c1-18-16-41-28(31-18)34-27(39)33-21-4-3-5-23(19(21)2)37-15-22(25-29-8-9-36(25)17-37)32-24-7-6-20(14-30-24)26(38)35-10-12-40-13-11-35/h3-9,14-16H,10-13,17H2,1-2H3,(H,30,32)(H2,31,33,34,39)/q+1. The number of rotatable bonds is 6. The van der Waals surface area contributed by atoms with Crippen molar-refractivity contribution in [1.29, 1.82) is 0 Å². The Morgan fingerprint density at radius 3 is 2.68 bits per heavy atom. The third-order valence-electron chi connectivity index (χ3n) is 6.82. The molecule has 209 valence electrons. The first-order valence-electron chi connectivity index (χ1n) is 13.1. The number of nitrogens with one attached hydrogen (secondary N) is 3. The van der Waals surface area contributed by atoms with E-state index in [1.54, 1.807) is 36.4 Å². The summed E-state index contributed by atoms with van der Waals surface area (Å²) in [6.07, 6.45) is 8.65. The number of carbonyl (C=O) groups excluding carboxylic acids is 2. The largest absolute Gasteiger partial charge is 0.432 e. The number of urea groups is 1. The smallest absolute Gasteiger partial charge is 0.327 e. The predicted octanol–water partition coefficient (Wildman–Crippen LogP) is 3.56. The molecule has 3 aliphatic heterocycles. The fourth-order valence-corrected chi connectivity index (χ4v) is 4.73. The fourth-order valence-electron chi connectivity index (χ4n) is 4.73. The molecule has 0 spiro atoms. The summed E-state index contributed by atoms with van der Waals surface area (Å²) in [5.74, 6) is 1.28. The first-order chi connectivity index (χ1) is 19.9. The summed E-state index contributed by atoms with van der Waals surface area (Å²) in [4.78, 5) is 44.3. The van der Waals surface area contributed by atoms with Gasteiger partial charge in [-0.1, -0.05) is 11.0 Å². The number of ether oxygens (including phenoxy) is 1. The van der Waals surface area contributed by atoms with Gasteiger partial charge in [-0.15, -0.1) is 0 Å². The monoisotopic (exact) mass is 555 g/mol. The van der Waals surface area contributed by atoms with Gasteiger partial charge in [-0.25, -0.2) is 9.78 Å². The summed E-state index contributed by atoms with van der Waals surface area (Å²) >= 11 is 0. The van der Waals surface area contributed by atoms with Gasteiger partial charge in [0, 0.05) is 31.2 Å². The first kappa shape index (κ1) is 26.2. The minimum absolute atomic E-state index is 0.0564. The number of fused-ring (bicyclic) bond motifs is 1. The topological polar surface area (TPSA) is 143 Å². The van der Waals surface area contributed by atoms with Crippen molar-refractivity contribution in [2.24, 2.45) is 4.99 Å². The Bertz CT molecular complexity index is 1550. The van der Waals surface area contributed by atoms with E-state index in [1.807, 2.05) is 42.4 Å². The number of amidine groups is 1. The first-order valence-corrected chi connectivity index (χ1v) is 13.1. The molecular weight excluding hydrogens is 526 g/mol. The minimum Gasteiger partial charge on any atom is -0.432 e. The van der Waals surface area contributed by atoms with E-state index < -0.39 is 6.03 Å². The van der Waals surface area contributed by atoms with Crippen molar-refractivity contribution in [2.45, 2.75) is 13.8 Å². The Kier molecular flexibility index (Phi) is 7.18. The molecule has 3 N–H and O–H groups in total. The number of pyridine rings is 1. The molecule has 13 nitrogen and oxygen atoms in total. The van der Waals surface area contributed by atoms with Gasteiger partial charge < -0.3 is 24.7 Å². The molecule has 13 heteroatoms. The Balaban J connectivity index is 1.19. The fraction of sp³-hybridized carbons (Fsp3) is 0.250. The lowest BCUT2D eigenvalue weighted by Gasteiger charge is -2.28. The van der Waals surface area contributed by atoms with Crippen LogP contribution in [0.15, 0.2) is 76.5 Å². The lowest BCUT2D eigenvalue weighted by Crippen LogP contribution is -2.46. The molecule has 6 rings (SSSR count). The summed E-state index contributed by atoms with van der Waals surface area (Å²) < 4.78 is 10.6. The van der Waals surface area contributed by atoms with Gasteiger partial charge in [0.05, 0.1) is 36.4 Å². The lowest BCUT2D eigenvalue weighted by molar-refractivity contribution is 0.0302. The number of anilines is 4. The number of nitrogens with zero attached hydrogens (tertiary/aromatic N) is 6. The highest BCUT2D eigenvalue weighted by Crippen LogP contribution is 2.30. The lowest BCUT2D eigenvalue weighted by atomic mass is 10.1. The molecule has 0 aliphatic carbocycles. The van der Waals surface area contributed by atoms with Crippen LogP contribution < -0.4 is 25.8 Å². The number of aliphatic imine (C=N–C) groups is 1. The molecule has 41 heavy (non-hydrogen) atoms. The van der Waals surface area contributed by atoms with Crippen molar-refractivity contribution in [2.75, 3.05) is 53.8 Å². The highest BCUT2D eigenvalue weighted by Gasteiger charge is 2.36. The van der Waals surface area contributed by atoms with Crippen LogP contribution in [0.25, 0.3) is 0 Å². The van der Waals surface area contributed by atoms with E-state index in [1.165, 1.54) is 6.26 Å².